The Morgan fingerprint density at radius 3 is 2.26 bits per heavy atom. The van der Waals surface area contributed by atoms with Crippen molar-refractivity contribution >= 4 is 35.8 Å². The zero-order valence-corrected chi connectivity index (χ0v) is 17.7. The molecule has 0 atom stereocenters. The van der Waals surface area contributed by atoms with Crippen molar-refractivity contribution < 1.29 is 13.2 Å². The summed E-state index contributed by atoms with van der Waals surface area (Å²) in [6.45, 7) is 0.758. The van der Waals surface area contributed by atoms with Gasteiger partial charge in [-0.1, -0.05) is 12.1 Å². The Bertz CT molecular complexity index is 763. The Balaban J connectivity index is 0.00000364. The molecule has 0 radical (unpaired) electrons. The number of guanidine groups is 1. The predicted octanol–water partition coefficient (Wildman–Crippen LogP) is 3.65. The van der Waals surface area contributed by atoms with Gasteiger partial charge in [-0.05, 0) is 35.4 Å². The molecule has 0 saturated carbocycles. The number of hydrogen-bond acceptors (Lipinski definition) is 3. The van der Waals surface area contributed by atoms with E-state index in [0.717, 1.165) is 23.5 Å². The summed E-state index contributed by atoms with van der Waals surface area (Å²) in [7, 11) is 5.43. The van der Waals surface area contributed by atoms with Crippen LogP contribution in [0.15, 0.2) is 47.6 Å². The Morgan fingerprint density at radius 2 is 1.70 bits per heavy atom. The first-order valence-corrected chi connectivity index (χ1v) is 8.02. The third-order valence-corrected chi connectivity index (χ3v) is 3.67. The number of hydrogen-bond donors (Lipinski definition) is 2. The molecule has 0 aliphatic carbocycles. The molecule has 0 spiro atoms. The van der Waals surface area contributed by atoms with E-state index in [4.69, 9.17) is 0 Å². The van der Waals surface area contributed by atoms with Crippen molar-refractivity contribution in [3.05, 3.63) is 59.3 Å². The van der Waals surface area contributed by atoms with Crippen LogP contribution < -0.4 is 15.5 Å². The van der Waals surface area contributed by atoms with Crippen molar-refractivity contribution in [3.8, 4) is 0 Å². The van der Waals surface area contributed by atoms with Gasteiger partial charge < -0.3 is 15.5 Å². The van der Waals surface area contributed by atoms with E-state index in [1.54, 1.807) is 19.3 Å². The molecule has 1 aromatic heterocycles. The number of pyridine rings is 1. The first-order valence-electron chi connectivity index (χ1n) is 8.02. The molecule has 2 N–H and O–H groups in total. The predicted molar refractivity (Wildman–Crippen MR) is 112 cm³/mol. The molecule has 27 heavy (non-hydrogen) atoms. The fraction of sp³-hybridized carbons (Fsp3) is 0.333. The molecule has 0 bridgehead atoms. The van der Waals surface area contributed by atoms with Gasteiger partial charge in [-0.15, -0.1) is 24.0 Å². The van der Waals surface area contributed by atoms with E-state index in [9.17, 15) is 13.2 Å². The van der Waals surface area contributed by atoms with E-state index >= 15 is 0 Å². The van der Waals surface area contributed by atoms with E-state index in [1.807, 2.05) is 31.1 Å². The Labute approximate surface area is 174 Å². The van der Waals surface area contributed by atoms with Crippen LogP contribution in [0.1, 0.15) is 16.7 Å². The maximum absolute atomic E-state index is 12.8. The summed E-state index contributed by atoms with van der Waals surface area (Å²) in [6, 6.07) is 9.07. The highest BCUT2D eigenvalue weighted by molar-refractivity contribution is 14.0. The summed E-state index contributed by atoms with van der Waals surface area (Å²) in [5.74, 6) is 1.35. The van der Waals surface area contributed by atoms with Gasteiger partial charge in [0.15, 0.2) is 5.96 Å². The van der Waals surface area contributed by atoms with Gasteiger partial charge in [0.1, 0.15) is 5.82 Å². The lowest BCUT2D eigenvalue weighted by molar-refractivity contribution is -0.137. The summed E-state index contributed by atoms with van der Waals surface area (Å²) in [5.41, 5.74) is 0.889. The third-order valence-electron chi connectivity index (χ3n) is 3.67. The number of nitrogens with one attached hydrogen (secondary N) is 2. The highest BCUT2D eigenvalue weighted by atomic mass is 127. The first kappa shape index (κ1) is 23.0. The van der Waals surface area contributed by atoms with Crippen LogP contribution >= 0.6 is 24.0 Å². The van der Waals surface area contributed by atoms with Crippen molar-refractivity contribution in [3.63, 3.8) is 0 Å². The van der Waals surface area contributed by atoms with Gasteiger partial charge in [0.2, 0.25) is 0 Å². The van der Waals surface area contributed by atoms with Gasteiger partial charge in [-0.2, -0.15) is 13.2 Å². The minimum absolute atomic E-state index is 0. The fourth-order valence-corrected chi connectivity index (χ4v) is 2.26. The second-order valence-electron chi connectivity index (χ2n) is 5.89. The van der Waals surface area contributed by atoms with Crippen LogP contribution in [-0.4, -0.2) is 32.1 Å². The summed E-state index contributed by atoms with van der Waals surface area (Å²) in [4.78, 5) is 10.3. The maximum atomic E-state index is 12.8. The van der Waals surface area contributed by atoms with Crippen LogP contribution in [-0.2, 0) is 19.3 Å². The summed E-state index contributed by atoms with van der Waals surface area (Å²) < 4.78 is 38.3. The average Bonchev–Trinajstić information content (AvgIpc) is 2.61. The van der Waals surface area contributed by atoms with E-state index in [-0.39, 0.29) is 30.5 Å². The average molecular weight is 493 g/mol. The number of benzene rings is 1. The molecule has 0 fully saturated rings. The molecule has 0 aliphatic heterocycles. The maximum Gasteiger partial charge on any atom is 0.416 e. The Kier molecular flexibility index (Phi) is 8.80. The smallest absolute Gasteiger partial charge is 0.363 e. The molecule has 5 nitrogen and oxygen atoms in total. The van der Waals surface area contributed by atoms with Gasteiger partial charge in [-0.25, -0.2) is 4.98 Å². The molecule has 1 heterocycles. The molecule has 2 rings (SSSR count). The van der Waals surface area contributed by atoms with Crippen molar-refractivity contribution in [2.75, 3.05) is 26.0 Å². The molecular weight excluding hydrogens is 470 g/mol. The monoisotopic (exact) mass is 493 g/mol. The lowest BCUT2D eigenvalue weighted by atomic mass is 10.1. The van der Waals surface area contributed by atoms with Crippen molar-refractivity contribution in [1.82, 2.24) is 15.6 Å². The number of rotatable bonds is 5. The molecule has 148 valence electrons. The van der Waals surface area contributed by atoms with Crippen LogP contribution in [0.2, 0.25) is 0 Å². The Morgan fingerprint density at radius 1 is 1.07 bits per heavy atom. The van der Waals surface area contributed by atoms with Crippen molar-refractivity contribution in [1.29, 1.82) is 0 Å². The normalized spacial score (nSPS) is 11.6. The molecule has 0 unspecified atom stereocenters. The van der Waals surface area contributed by atoms with Crippen LogP contribution in [0.3, 0.4) is 0 Å². The quantitative estimate of drug-likeness (QED) is 0.380. The summed E-state index contributed by atoms with van der Waals surface area (Å²) in [6.07, 6.45) is -2.62. The zero-order valence-electron chi connectivity index (χ0n) is 15.3. The van der Waals surface area contributed by atoms with Gasteiger partial charge in [-0.3, -0.25) is 4.99 Å². The first-order chi connectivity index (χ1) is 12.3. The number of aromatic nitrogens is 1. The number of aliphatic imine (C=N–C) groups is 1. The van der Waals surface area contributed by atoms with Crippen LogP contribution in [0, 0.1) is 0 Å². The standard InChI is InChI=1S/C18H22F3N5.HI/c1-22-17(25-12-14-7-8-23-16(10-14)26(2)3)24-11-13-5-4-6-15(9-13)18(19,20)21;/h4-10H,11-12H2,1-3H3,(H2,22,24,25);1H. The van der Waals surface area contributed by atoms with Gasteiger partial charge >= 0.3 is 6.18 Å². The molecule has 0 aliphatic rings. The molecule has 9 heteroatoms. The second-order valence-corrected chi connectivity index (χ2v) is 5.89. The summed E-state index contributed by atoms with van der Waals surface area (Å²) in [5, 5.41) is 6.15. The topological polar surface area (TPSA) is 52.6 Å². The lowest BCUT2D eigenvalue weighted by Crippen LogP contribution is -2.36. The van der Waals surface area contributed by atoms with E-state index < -0.39 is 11.7 Å². The molecule has 0 saturated heterocycles. The number of anilines is 1. The third kappa shape index (κ3) is 7.24. The molecule has 2 aromatic rings. The van der Waals surface area contributed by atoms with Crippen LogP contribution in [0.4, 0.5) is 19.0 Å². The molecular formula is C18H23F3IN5. The van der Waals surface area contributed by atoms with E-state index in [2.05, 4.69) is 20.6 Å². The highest BCUT2D eigenvalue weighted by Crippen LogP contribution is 2.29. The van der Waals surface area contributed by atoms with Gasteiger partial charge in [0, 0.05) is 40.4 Å². The van der Waals surface area contributed by atoms with Crippen LogP contribution in [0.25, 0.3) is 0 Å². The molecule has 1 aromatic carbocycles. The number of halogens is 4. The minimum atomic E-state index is -4.35. The van der Waals surface area contributed by atoms with E-state index in [1.165, 1.54) is 6.07 Å². The van der Waals surface area contributed by atoms with Crippen molar-refractivity contribution in [2.45, 2.75) is 19.3 Å². The zero-order chi connectivity index (χ0) is 19.2. The lowest BCUT2D eigenvalue weighted by Gasteiger charge is -2.15. The second kappa shape index (κ2) is 10.3. The Hall–Kier alpha value is -2.04. The SMILES string of the molecule is CN=C(NCc1cccc(C(F)(F)F)c1)NCc1ccnc(N(C)C)c1.I. The van der Waals surface area contributed by atoms with Crippen molar-refractivity contribution in [2.24, 2.45) is 4.99 Å². The van der Waals surface area contributed by atoms with Gasteiger partial charge in [0.25, 0.3) is 0 Å². The van der Waals surface area contributed by atoms with E-state index in [0.29, 0.717) is 18.1 Å². The largest absolute Gasteiger partial charge is 0.416 e. The minimum Gasteiger partial charge on any atom is -0.363 e. The fourth-order valence-electron chi connectivity index (χ4n) is 2.26. The number of alkyl halides is 3. The van der Waals surface area contributed by atoms with Crippen LogP contribution in [0.5, 0.6) is 0 Å². The summed E-state index contributed by atoms with van der Waals surface area (Å²) >= 11 is 0. The molecule has 0 amide bonds. The van der Waals surface area contributed by atoms with Gasteiger partial charge in [0.05, 0.1) is 5.56 Å². The highest BCUT2D eigenvalue weighted by Gasteiger charge is 2.30. The number of nitrogens with zero attached hydrogens (tertiary/aromatic N) is 3.